The fraction of sp³-hybridized carbons (Fsp3) is 0.257. The van der Waals surface area contributed by atoms with Crippen LogP contribution in [0.5, 0.6) is 5.75 Å². The summed E-state index contributed by atoms with van der Waals surface area (Å²) < 4.78 is 49.9. The van der Waals surface area contributed by atoms with Gasteiger partial charge in [-0.3, -0.25) is 13.9 Å². The number of nitrogens with zero attached hydrogens (tertiary/aromatic N) is 2. The van der Waals surface area contributed by atoms with Gasteiger partial charge in [0, 0.05) is 24.6 Å². The summed E-state index contributed by atoms with van der Waals surface area (Å²) in [5.74, 6) is -1.45. The topological polar surface area (TPSA) is 96.0 Å². The van der Waals surface area contributed by atoms with Crippen LogP contribution in [0.15, 0.2) is 108 Å². The predicted octanol–water partition coefficient (Wildman–Crippen LogP) is 5.50. The molecule has 45 heavy (non-hydrogen) atoms. The van der Waals surface area contributed by atoms with E-state index in [0.717, 1.165) is 15.4 Å². The first-order chi connectivity index (χ1) is 21.5. The fourth-order valence-electron chi connectivity index (χ4n) is 4.93. The molecule has 4 aromatic rings. The van der Waals surface area contributed by atoms with Gasteiger partial charge in [0.25, 0.3) is 10.0 Å². The summed E-state index contributed by atoms with van der Waals surface area (Å²) >= 11 is 0. The Hall–Kier alpha value is -4.70. The highest BCUT2D eigenvalue weighted by Gasteiger charge is 2.36. The van der Waals surface area contributed by atoms with Crippen LogP contribution in [0.4, 0.5) is 10.1 Å². The molecular weight excluding hydrogens is 593 g/mol. The van der Waals surface area contributed by atoms with Crippen LogP contribution in [0.25, 0.3) is 0 Å². The third-order valence-electron chi connectivity index (χ3n) is 7.24. The minimum Gasteiger partial charge on any atom is -0.495 e. The molecule has 0 aliphatic heterocycles. The number of anilines is 1. The van der Waals surface area contributed by atoms with Gasteiger partial charge < -0.3 is 15.0 Å². The number of halogens is 1. The standard InChI is InChI=1S/C35H38FN3O5S/c1-25(2)37-35(41)32(22-27-12-6-5-7-13-27)38(23-28-14-8-9-15-30(28)36)34(40)24-39(31-16-10-11-17-33(31)44-4)45(42,43)29-20-18-26(3)19-21-29/h5-21,25,32H,22-24H2,1-4H3,(H,37,41)/t32-/m1/s1. The van der Waals surface area contributed by atoms with Crippen molar-refractivity contribution in [3.05, 3.63) is 126 Å². The Morgan fingerprint density at radius 2 is 1.49 bits per heavy atom. The molecule has 0 fully saturated rings. The van der Waals surface area contributed by atoms with E-state index < -0.39 is 40.2 Å². The highest BCUT2D eigenvalue weighted by atomic mass is 32.2. The zero-order valence-corrected chi connectivity index (χ0v) is 26.6. The summed E-state index contributed by atoms with van der Waals surface area (Å²) in [6.45, 7) is 4.51. The molecule has 0 aliphatic carbocycles. The molecule has 1 atom stereocenters. The van der Waals surface area contributed by atoms with Crippen LogP contribution < -0.4 is 14.4 Å². The van der Waals surface area contributed by atoms with Crippen LogP contribution in [0.1, 0.15) is 30.5 Å². The smallest absolute Gasteiger partial charge is 0.264 e. The van der Waals surface area contributed by atoms with E-state index in [1.807, 2.05) is 37.3 Å². The van der Waals surface area contributed by atoms with E-state index in [2.05, 4.69) is 5.32 Å². The van der Waals surface area contributed by atoms with Crippen molar-refractivity contribution in [2.75, 3.05) is 18.0 Å². The van der Waals surface area contributed by atoms with Gasteiger partial charge in [-0.2, -0.15) is 0 Å². The largest absolute Gasteiger partial charge is 0.495 e. The number of carbonyl (C=O) groups is 2. The predicted molar refractivity (Wildman–Crippen MR) is 173 cm³/mol. The minimum atomic E-state index is -4.31. The third kappa shape index (κ3) is 8.27. The van der Waals surface area contributed by atoms with Crippen LogP contribution in [-0.2, 0) is 32.6 Å². The second-order valence-corrected chi connectivity index (χ2v) is 12.8. The molecule has 0 heterocycles. The minimum absolute atomic E-state index is 0.0224. The third-order valence-corrected chi connectivity index (χ3v) is 9.02. The first-order valence-corrected chi connectivity index (χ1v) is 16.0. The van der Waals surface area contributed by atoms with Gasteiger partial charge in [-0.1, -0.05) is 78.4 Å². The number of hydrogen-bond acceptors (Lipinski definition) is 5. The van der Waals surface area contributed by atoms with Crippen LogP contribution in [-0.4, -0.2) is 50.9 Å². The Morgan fingerprint density at radius 1 is 0.867 bits per heavy atom. The Balaban J connectivity index is 1.84. The van der Waals surface area contributed by atoms with E-state index in [1.54, 1.807) is 56.3 Å². The molecule has 0 unspecified atom stereocenters. The lowest BCUT2D eigenvalue weighted by atomic mass is 10.0. The number of sulfonamides is 1. The van der Waals surface area contributed by atoms with Crippen molar-refractivity contribution in [3.63, 3.8) is 0 Å². The molecule has 4 aromatic carbocycles. The van der Waals surface area contributed by atoms with E-state index in [0.29, 0.717) is 0 Å². The lowest BCUT2D eigenvalue weighted by molar-refractivity contribution is -0.140. The van der Waals surface area contributed by atoms with Gasteiger partial charge in [-0.05, 0) is 56.7 Å². The average Bonchev–Trinajstić information content (AvgIpc) is 3.02. The monoisotopic (exact) mass is 631 g/mol. The maximum Gasteiger partial charge on any atom is 0.264 e. The number of carbonyl (C=O) groups excluding carboxylic acids is 2. The SMILES string of the molecule is COc1ccccc1N(CC(=O)N(Cc1ccccc1F)[C@H](Cc1ccccc1)C(=O)NC(C)C)S(=O)(=O)c1ccc(C)cc1. The number of para-hydroxylation sites is 2. The summed E-state index contributed by atoms with van der Waals surface area (Å²) in [6.07, 6.45) is 0.124. The molecule has 2 amide bonds. The van der Waals surface area contributed by atoms with E-state index in [4.69, 9.17) is 4.74 Å². The first-order valence-electron chi connectivity index (χ1n) is 14.6. The Morgan fingerprint density at radius 3 is 2.13 bits per heavy atom. The molecule has 0 saturated heterocycles. The van der Waals surface area contributed by atoms with Crippen molar-refractivity contribution < 1.29 is 27.1 Å². The van der Waals surface area contributed by atoms with Crippen molar-refractivity contribution in [1.82, 2.24) is 10.2 Å². The highest BCUT2D eigenvalue weighted by molar-refractivity contribution is 7.92. The van der Waals surface area contributed by atoms with Gasteiger partial charge in [0.05, 0.1) is 17.7 Å². The fourth-order valence-corrected chi connectivity index (χ4v) is 6.36. The molecule has 0 aromatic heterocycles. The maximum atomic E-state index is 15.0. The van der Waals surface area contributed by atoms with E-state index in [1.165, 1.54) is 42.3 Å². The summed E-state index contributed by atoms with van der Waals surface area (Å²) in [5.41, 5.74) is 1.98. The molecule has 8 nitrogen and oxygen atoms in total. The van der Waals surface area contributed by atoms with E-state index >= 15 is 4.39 Å². The average molecular weight is 632 g/mol. The van der Waals surface area contributed by atoms with Crippen molar-refractivity contribution in [1.29, 1.82) is 0 Å². The number of amides is 2. The second kappa shape index (κ2) is 14.9. The van der Waals surface area contributed by atoms with Crippen LogP contribution in [0, 0.1) is 12.7 Å². The van der Waals surface area contributed by atoms with Crippen molar-refractivity contribution in [2.24, 2.45) is 0 Å². The summed E-state index contributed by atoms with van der Waals surface area (Å²) in [6, 6.07) is 26.6. The number of methoxy groups -OCH3 is 1. The number of nitrogens with one attached hydrogen (secondary N) is 1. The zero-order chi connectivity index (χ0) is 32.6. The first kappa shape index (κ1) is 33.2. The molecule has 0 spiro atoms. The van der Waals surface area contributed by atoms with Gasteiger partial charge in [-0.25, -0.2) is 12.8 Å². The zero-order valence-electron chi connectivity index (χ0n) is 25.8. The number of aryl methyl sites for hydroxylation is 1. The molecule has 4 rings (SSSR count). The Labute approximate surface area is 264 Å². The Bertz CT molecular complexity index is 1710. The highest BCUT2D eigenvalue weighted by Crippen LogP contribution is 2.33. The molecular formula is C35H38FN3O5S. The second-order valence-electron chi connectivity index (χ2n) is 11.0. The summed E-state index contributed by atoms with van der Waals surface area (Å²) in [4.78, 5) is 29.4. The maximum absolute atomic E-state index is 15.0. The van der Waals surface area contributed by atoms with Crippen molar-refractivity contribution in [2.45, 2.75) is 50.7 Å². The molecule has 0 aliphatic rings. The molecule has 10 heteroatoms. The normalized spacial score (nSPS) is 12.0. The lowest BCUT2D eigenvalue weighted by Gasteiger charge is -2.34. The molecule has 0 radical (unpaired) electrons. The number of rotatable bonds is 13. The van der Waals surface area contributed by atoms with Crippen LogP contribution in [0.3, 0.4) is 0 Å². The van der Waals surface area contributed by atoms with Gasteiger partial charge in [0.15, 0.2) is 0 Å². The van der Waals surface area contributed by atoms with Crippen LogP contribution in [0.2, 0.25) is 0 Å². The van der Waals surface area contributed by atoms with Gasteiger partial charge >= 0.3 is 0 Å². The molecule has 0 saturated carbocycles. The van der Waals surface area contributed by atoms with Crippen molar-refractivity contribution in [3.8, 4) is 5.75 Å². The summed E-state index contributed by atoms with van der Waals surface area (Å²) in [5, 5.41) is 2.89. The molecule has 236 valence electrons. The van der Waals surface area contributed by atoms with Gasteiger partial charge in [0.1, 0.15) is 24.2 Å². The molecule has 1 N–H and O–H groups in total. The summed E-state index contributed by atoms with van der Waals surface area (Å²) in [7, 11) is -2.90. The number of benzene rings is 4. The van der Waals surface area contributed by atoms with Gasteiger partial charge in [-0.15, -0.1) is 0 Å². The van der Waals surface area contributed by atoms with Crippen molar-refractivity contribution >= 4 is 27.5 Å². The van der Waals surface area contributed by atoms with E-state index in [-0.39, 0.29) is 40.9 Å². The van der Waals surface area contributed by atoms with E-state index in [9.17, 15) is 18.0 Å². The lowest BCUT2D eigenvalue weighted by Crippen LogP contribution is -2.54. The van der Waals surface area contributed by atoms with Crippen LogP contribution >= 0.6 is 0 Å². The molecule has 0 bridgehead atoms. The number of ether oxygens (including phenoxy) is 1. The number of hydrogen-bond donors (Lipinski definition) is 1. The quantitative estimate of drug-likeness (QED) is 0.210. The Kier molecular flexibility index (Phi) is 11.0. The van der Waals surface area contributed by atoms with Gasteiger partial charge in [0.2, 0.25) is 11.8 Å².